The highest BCUT2D eigenvalue weighted by Crippen LogP contribution is 2.27. The number of rotatable bonds is 8. The molecule has 3 N–H and O–H groups in total. The molecule has 0 aliphatic carbocycles. The first kappa shape index (κ1) is 23.4. The Labute approximate surface area is 206 Å². The van der Waals surface area contributed by atoms with Crippen LogP contribution in [0.2, 0.25) is 5.02 Å². The van der Waals surface area contributed by atoms with Crippen molar-refractivity contribution in [1.82, 2.24) is 25.2 Å². The average molecular weight is 510 g/mol. The summed E-state index contributed by atoms with van der Waals surface area (Å²) in [6.07, 6.45) is -0.368. The lowest BCUT2D eigenvalue weighted by atomic mass is 9.94. The number of aromatic nitrogens is 5. The molecular formula is C24H17ClFN5O5. The molecule has 0 spiro atoms. The topological polar surface area (TPSA) is 143 Å². The minimum Gasteiger partial charge on any atom is -0.479 e. The third-order valence-electron chi connectivity index (χ3n) is 5.78. The number of aliphatic carboxylic acids is 2. The van der Waals surface area contributed by atoms with E-state index in [2.05, 4.69) is 20.5 Å². The Hall–Kier alpha value is -4.35. The number of nitrogens with one attached hydrogen (secondary N) is 1. The van der Waals surface area contributed by atoms with Crippen LogP contribution in [0.5, 0.6) is 0 Å². The fourth-order valence-corrected chi connectivity index (χ4v) is 4.13. The zero-order valence-electron chi connectivity index (χ0n) is 18.4. The van der Waals surface area contributed by atoms with Gasteiger partial charge in [-0.15, -0.1) is 5.10 Å². The van der Waals surface area contributed by atoms with Crippen molar-refractivity contribution < 1.29 is 28.9 Å². The molecular weight excluding hydrogens is 493 g/mol. The van der Waals surface area contributed by atoms with Crippen LogP contribution in [0.3, 0.4) is 0 Å². The Morgan fingerprint density at radius 1 is 1.08 bits per heavy atom. The van der Waals surface area contributed by atoms with E-state index in [1.165, 1.54) is 10.7 Å². The molecule has 0 atom stereocenters. The first-order valence-electron chi connectivity index (χ1n) is 10.6. The molecule has 36 heavy (non-hydrogen) atoms. The van der Waals surface area contributed by atoms with Crippen molar-refractivity contribution in [2.75, 3.05) is 0 Å². The van der Waals surface area contributed by atoms with E-state index in [4.69, 9.17) is 16.3 Å². The number of carbonyl (C=O) groups is 2. The van der Waals surface area contributed by atoms with E-state index in [1.54, 1.807) is 48.5 Å². The zero-order chi connectivity index (χ0) is 25.4. The highest BCUT2D eigenvalue weighted by atomic mass is 35.5. The van der Waals surface area contributed by atoms with E-state index in [0.717, 1.165) is 6.07 Å². The Morgan fingerprint density at radius 2 is 1.83 bits per heavy atom. The lowest BCUT2D eigenvalue weighted by Gasteiger charge is -2.25. The molecule has 12 heteroatoms. The Morgan fingerprint density at radius 3 is 2.56 bits per heavy atom. The van der Waals surface area contributed by atoms with Crippen molar-refractivity contribution in [1.29, 1.82) is 0 Å². The summed E-state index contributed by atoms with van der Waals surface area (Å²) in [6.45, 7) is -0.353. The third-order valence-corrected chi connectivity index (χ3v) is 6.00. The summed E-state index contributed by atoms with van der Waals surface area (Å²) in [6, 6.07) is 16.1. The summed E-state index contributed by atoms with van der Waals surface area (Å²) in [5.41, 5.74) is -0.190. The van der Waals surface area contributed by atoms with Gasteiger partial charge in [0.05, 0.1) is 29.0 Å². The van der Waals surface area contributed by atoms with Crippen LogP contribution < -0.4 is 0 Å². The quantitative estimate of drug-likeness (QED) is 0.268. The molecule has 5 aromatic rings. The van der Waals surface area contributed by atoms with E-state index in [-0.39, 0.29) is 23.6 Å². The number of carboxylic acid groups (broad SMARTS) is 2. The van der Waals surface area contributed by atoms with E-state index >= 15 is 0 Å². The number of carboxylic acids is 2. The summed E-state index contributed by atoms with van der Waals surface area (Å²) < 4.78 is 21.1. The van der Waals surface area contributed by atoms with Gasteiger partial charge >= 0.3 is 11.9 Å². The van der Waals surface area contributed by atoms with Crippen molar-refractivity contribution in [3.05, 3.63) is 82.8 Å². The smallest absolute Gasteiger partial charge is 0.348 e. The second-order valence-corrected chi connectivity index (χ2v) is 8.49. The molecule has 0 unspecified atom stereocenters. The van der Waals surface area contributed by atoms with E-state index in [1.807, 2.05) is 0 Å². The fourth-order valence-electron chi connectivity index (χ4n) is 3.93. The SMILES string of the molecule is O=C(O)C(Cc1ccccc1)(OCc1[nH]nc2cc(-n3nnc4c(F)cc(Cl)cc43)ccc12)C(=O)O. The molecule has 0 aliphatic heterocycles. The van der Waals surface area contributed by atoms with E-state index < -0.39 is 23.4 Å². The van der Waals surface area contributed by atoms with Crippen LogP contribution in [0.4, 0.5) is 4.39 Å². The summed E-state index contributed by atoms with van der Waals surface area (Å²) in [7, 11) is 0. The molecule has 0 radical (unpaired) electrons. The zero-order valence-corrected chi connectivity index (χ0v) is 19.1. The largest absolute Gasteiger partial charge is 0.479 e. The number of hydrogen-bond acceptors (Lipinski definition) is 6. The molecule has 0 saturated carbocycles. The molecule has 0 aliphatic rings. The van der Waals surface area contributed by atoms with Crippen LogP contribution in [0.1, 0.15) is 11.3 Å². The number of aromatic amines is 1. The highest BCUT2D eigenvalue weighted by molar-refractivity contribution is 6.31. The monoisotopic (exact) mass is 509 g/mol. The molecule has 2 aromatic heterocycles. The van der Waals surface area contributed by atoms with Crippen LogP contribution in [0.15, 0.2) is 60.7 Å². The Bertz CT molecular complexity index is 1600. The number of H-pyrrole nitrogens is 1. The lowest BCUT2D eigenvalue weighted by Crippen LogP contribution is -2.51. The summed E-state index contributed by atoms with van der Waals surface area (Å²) in [4.78, 5) is 24.1. The Balaban J connectivity index is 1.45. The second-order valence-electron chi connectivity index (χ2n) is 8.05. The van der Waals surface area contributed by atoms with Crippen molar-refractivity contribution in [3.63, 3.8) is 0 Å². The van der Waals surface area contributed by atoms with Crippen molar-refractivity contribution >= 4 is 45.5 Å². The van der Waals surface area contributed by atoms with Gasteiger partial charge in [-0.05, 0) is 35.9 Å². The first-order valence-corrected chi connectivity index (χ1v) is 11.0. The van der Waals surface area contributed by atoms with Gasteiger partial charge in [0, 0.05) is 16.8 Å². The van der Waals surface area contributed by atoms with Gasteiger partial charge in [-0.2, -0.15) is 5.10 Å². The molecule has 182 valence electrons. The molecule has 2 heterocycles. The maximum atomic E-state index is 14.1. The normalized spacial score (nSPS) is 11.8. The van der Waals surface area contributed by atoms with Crippen molar-refractivity contribution in [2.24, 2.45) is 0 Å². The van der Waals surface area contributed by atoms with Gasteiger partial charge in [0.15, 0.2) is 5.82 Å². The van der Waals surface area contributed by atoms with Gasteiger partial charge in [-0.3, -0.25) is 5.10 Å². The average Bonchev–Trinajstić information content (AvgIpc) is 3.46. The van der Waals surface area contributed by atoms with Crippen LogP contribution >= 0.6 is 11.6 Å². The van der Waals surface area contributed by atoms with Gasteiger partial charge in [0.2, 0.25) is 0 Å². The highest BCUT2D eigenvalue weighted by Gasteiger charge is 2.48. The lowest BCUT2D eigenvalue weighted by molar-refractivity contribution is -0.185. The number of ether oxygens (including phenoxy) is 1. The number of fused-ring (bicyclic) bond motifs is 2. The fraction of sp³-hybridized carbons (Fsp3) is 0.125. The van der Waals surface area contributed by atoms with Crippen LogP contribution in [0.25, 0.3) is 27.6 Å². The molecule has 5 rings (SSSR count). The maximum absolute atomic E-state index is 14.1. The third kappa shape index (κ3) is 4.04. The Kier molecular flexibility index (Phi) is 5.86. The summed E-state index contributed by atoms with van der Waals surface area (Å²) in [5, 5.41) is 35.2. The number of hydrogen-bond donors (Lipinski definition) is 3. The van der Waals surface area contributed by atoms with Crippen LogP contribution in [-0.2, 0) is 27.4 Å². The molecule has 0 saturated heterocycles. The molecule has 3 aromatic carbocycles. The molecule has 0 fully saturated rings. The maximum Gasteiger partial charge on any atom is 0.348 e. The van der Waals surface area contributed by atoms with Gasteiger partial charge in [-0.1, -0.05) is 47.1 Å². The van der Waals surface area contributed by atoms with E-state index in [9.17, 15) is 24.2 Å². The molecule has 0 bridgehead atoms. The predicted molar refractivity (Wildman–Crippen MR) is 126 cm³/mol. The van der Waals surface area contributed by atoms with Gasteiger partial charge in [-0.25, -0.2) is 18.7 Å². The number of halogens is 2. The summed E-state index contributed by atoms with van der Waals surface area (Å²) >= 11 is 5.98. The second kappa shape index (κ2) is 9.02. The minimum absolute atomic E-state index is 0.0627. The van der Waals surface area contributed by atoms with Crippen molar-refractivity contribution in [3.8, 4) is 5.69 Å². The van der Waals surface area contributed by atoms with Crippen LogP contribution in [0, 0.1) is 5.82 Å². The summed E-state index contributed by atoms with van der Waals surface area (Å²) in [5.74, 6) is -3.83. The number of nitrogens with zero attached hydrogens (tertiary/aromatic N) is 4. The van der Waals surface area contributed by atoms with Gasteiger partial charge in [0.25, 0.3) is 5.60 Å². The van der Waals surface area contributed by atoms with Gasteiger partial charge in [0.1, 0.15) is 5.52 Å². The van der Waals surface area contributed by atoms with Gasteiger partial charge < -0.3 is 14.9 Å². The molecule has 10 nitrogen and oxygen atoms in total. The van der Waals surface area contributed by atoms with Crippen molar-refractivity contribution in [2.45, 2.75) is 18.6 Å². The first-order chi connectivity index (χ1) is 17.3. The van der Waals surface area contributed by atoms with Crippen LogP contribution in [-0.4, -0.2) is 52.9 Å². The predicted octanol–water partition coefficient (Wildman–Crippen LogP) is 3.76. The molecule has 0 amide bonds. The minimum atomic E-state index is -2.50. The number of benzene rings is 3. The van der Waals surface area contributed by atoms with E-state index in [0.29, 0.717) is 33.4 Å². The standard InChI is InChI=1S/C24H17ClFN5O5/c25-14-8-17(26)21-20(9-14)31(30-29-21)15-6-7-16-18(10-15)27-28-19(16)12-36-24(22(32)33,23(34)35)11-13-4-2-1-3-5-13/h1-10H,11-12H2,(H,27,28)(H,32,33)(H,34,35).